The van der Waals surface area contributed by atoms with Crippen molar-refractivity contribution in [1.29, 1.82) is 0 Å². The number of carbonyl (C=O) groups excluding carboxylic acids is 6. The zero-order valence-electron chi connectivity index (χ0n) is 28.9. The van der Waals surface area contributed by atoms with Crippen LogP contribution in [0.15, 0.2) is 0 Å². The molecule has 0 radical (unpaired) electrons. The van der Waals surface area contributed by atoms with Gasteiger partial charge in [-0.1, -0.05) is 20.3 Å². The quantitative estimate of drug-likeness (QED) is 0.227. The normalized spacial score (nSPS) is 28.7. The Bertz CT molecular complexity index is 1190. The fraction of sp³-hybridized carbons (Fsp3) is 0.806. The molecule has 14 nitrogen and oxygen atoms in total. The molecule has 0 aromatic rings. The van der Waals surface area contributed by atoms with E-state index in [1.165, 1.54) is 13.8 Å². The Labute approximate surface area is 274 Å². The summed E-state index contributed by atoms with van der Waals surface area (Å²) < 4.78 is 43.2. The Hall–Kier alpha value is -3.56. The van der Waals surface area contributed by atoms with Gasteiger partial charge < -0.3 is 40.8 Å². The molecule has 1 heterocycles. The predicted octanol–water partition coefficient (Wildman–Crippen LogP) is 1.69. The average molecular weight is 676 g/mol. The fourth-order valence-electron chi connectivity index (χ4n) is 4.89. The highest BCUT2D eigenvalue weighted by molar-refractivity contribution is 6.00. The molecular formula is C31H51F2N5O9. The van der Waals surface area contributed by atoms with Gasteiger partial charge in [0.15, 0.2) is 0 Å². The molecule has 1 spiro atoms. The molecule has 16 heteroatoms. The molecule has 0 unspecified atom stereocenters. The molecule has 0 aromatic heterocycles. The first-order valence-corrected chi connectivity index (χ1v) is 15.9. The minimum absolute atomic E-state index is 0.0877. The van der Waals surface area contributed by atoms with Crippen LogP contribution in [-0.4, -0.2) is 95.7 Å². The van der Waals surface area contributed by atoms with Crippen LogP contribution in [0, 0.1) is 11.8 Å². The molecule has 0 aromatic carbocycles. The first-order valence-electron chi connectivity index (χ1n) is 15.9. The monoisotopic (exact) mass is 675 g/mol. The summed E-state index contributed by atoms with van der Waals surface area (Å²) in [6.07, 6.45) is -5.36. The van der Waals surface area contributed by atoms with Crippen molar-refractivity contribution in [1.82, 2.24) is 26.6 Å². The third-order valence-electron chi connectivity index (χ3n) is 7.87. The van der Waals surface area contributed by atoms with Crippen LogP contribution in [0.5, 0.6) is 0 Å². The van der Waals surface area contributed by atoms with Gasteiger partial charge in [-0.25, -0.2) is 18.4 Å². The number of ether oxygens (including phenoxy) is 3. The minimum Gasteiger partial charge on any atom is -0.458 e. The third-order valence-corrected chi connectivity index (χ3v) is 7.87. The lowest BCUT2D eigenvalue weighted by atomic mass is 9.98. The van der Waals surface area contributed by atoms with Crippen LogP contribution < -0.4 is 26.6 Å². The zero-order valence-corrected chi connectivity index (χ0v) is 28.9. The molecule has 8 atom stereocenters. The number of carbonyl (C=O) groups is 6. The number of alkyl halides is 2. The van der Waals surface area contributed by atoms with Crippen molar-refractivity contribution < 1.29 is 51.8 Å². The van der Waals surface area contributed by atoms with E-state index in [0.717, 1.165) is 0 Å². The maximum absolute atomic E-state index is 13.6. The molecule has 1 aliphatic carbocycles. The van der Waals surface area contributed by atoms with Gasteiger partial charge in [-0.2, -0.15) is 0 Å². The highest BCUT2D eigenvalue weighted by Crippen LogP contribution is 2.47. The van der Waals surface area contributed by atoms with E-state index < -0.39 is 107 Å². The van der Waals surface area contributed by atoms with Crippen LogP contribution in [0.2, 0.25) is 0 Å². The summed E-state index contributed by atoms with van der Waals surface area (Å²) >= 11 is 0. The molecule has 2 rings (SSSR count). The van der Waals surface area contributed by atoms with E-state index in [0.29, 0.717) is 6.42 Å². The number of cyclic esters (lactones) is 1. The molecule has 5 amide bonds. The van der Waals surface area contributed by atoms with Crippen molar-refractivity contribution in [2.24, 2.45) is 11.8 Å². The molecule has 1 saturated heterocycles. The van der Waals surface area contributed by atoms with Gasteiger partial charge in [0.2, 0.25) is 30.1 Å². The number of esters is 1. The molecular weight excluding hydrogens is 624 g/mol. The number of amides is 5. The van der Waals surface area contributed by atoms with Crippen molar-refractivity contribution >= 4 is 35.7 Å². The van der Waals surface area contributed by atoms with E-state index >= 15 is 0 Å². The minimum atomic E-state index is -2.74. The lowest BCUT2D eigenvalue weighted by Gasteiger charge is -2.30. The van der Waals surface area contributed by atoms with Crippen molar-refractivity contribution in [3.63, 3.8) is 0 Å². The molecule has 2 fully saturated rings. The number of nitrogens with one attached hydrogen (secondary N) is 5. The summed E-state index contributed by atoms with van der Waals surface area (Å²) in [7, 11) is 0. The maximum atomic E-state index is 13.6. The van der Waals surface area contributed by atoms with Crippen molar-refractivity contribution in [3.05, 3.63) is 0 Å². The van der Waals surface area contributed by atoms with Crippen LogP contribution in [0.25, 0.3) is 0 Å². The van der Waals surface area contributed by atoms with E-state index in [2.05, 4.69) is 26.6 Å². The molecule has 2 aliphatic rings. The van der Waals surface area contributed by atoms with Gasteiger partial charge in [0.25, 0.3) is 0 Å². The van der Waals surface area contributed by atoms with Crippen LogP contribution in [0.1, 0.15) is 88.5 Å². The highest BCUT2D eigenvalue weighted by Gasteiger charge is 2.62. The number of hydrogen-bond acceptors (Lipinski definition) is 9. The predicted molar refractivity (Wildman–Crippen MR) is 165 cm³/mol. The Morgan fingerprint density at radius 3 is 2.17 bits per heavy atom. The van der Waals surface area contributed by atoms with Gasteiger partial charge >= 0.3 is 12.1 Å². The van der Waals surface area contributed by atoms with Gasteiger partial charge in [0, 0.05) is 6.42 Å². The summed E-state index contributed by atoms with van der Waals surface area (Å²) in [5.41, 5.74) is -3.31. The smallest absolute Gasteiger partial charge is 0.408 e. The van der Waals surface area contributed by atoms with Crippen LogP contribution in [-0.2, 0) is 38.2 Å². The third kappa shape index (κ3) is 11.6. The fourth-order valence-corrected chi connectivity index (χ4v) is 4.89. The van der Waals surface area contributed by atoms with Gasteiger partial charge in [-0.05, 0) is 73.6 Å². The topological polar surface area (TPSA) is 190 Å². The Morgan fingerprint density at radius 2 is 1.64 bits per heavy atom. The highest BCUT2D eigenvalue weighted by atomic mass is 19.3. The van der Waals surface area contributed by atoms with Crippen LogP contribution in [0.4, 0.5) is 13.6 Å². The first kappa shape index (κ1) is 39.6. The Morgan fingerprint density at radius 1 is 1.02 bits per heavy atom. The molecule has 5 N–H and O–H groups in total. The second kappa shape index (κ2) is 15.6. The summed E-state index contributed by atoms with van der Waals surface area (Å²) in [6.45, 7) is 15.9. The number of rotatable bonds is 9. The Balaban J connectivity index is 2.45. The second-order valence-electron chi connectivity index (χ2n) is 14.3. The maximum Gasteiger partial charge on any atom is 0.408 e. The summed E-state index contributed by atoms with van der Waals surface area (Å²) in [5.74, 6) is -5.80. The SMILES string of the molecule is CC[C@H](C)[C@@H]1NC(=O)[C@]2(C[C@H]2CC(F)F)NC(=O)[C@H](C)NC(=O)[C@H](NC(=O)[C@H](COC(C)(C)C)NC(=O)OC(C)(C)C)[C@H](C)OC1=O. The van der Waals surface area contributed by atoms with Crippen molar-refractivity contribution in [2.45, 2.75) is 142 Å². The van der Waals surface area contributed by atoms with Crippen molar-refractivity contribution in [2.75, 3.05) is 6.61 Å². The van der Waals surface area contributed by atoms with E-state index in [9.17, 15) is 37.5 Å². The van der Waals surface area contributed by atoms with Gasteiger partial charge in [0.05, 0.1) is 12.2 Å². The van der Waals surface area contributed by atoms with Crippen LogP contribution in [0.3, 0.4) is 0 Å². The van der Waals surface area contributed by atoms with E-state index in [1.54, 1.807) is 55.4 Å². The van der Waals surface area contributed by atoms with Crippen LogP contribution >= 0.6 is 0 Å². The Kier molecular flexibility index (Phi) is 13.1. The standard InChI is InChI=1S/C31H51F2N5O9/c1-11-15(2)21-26(42)46-17(4)22(36-24(40)19(14-45-29(5,6)7)35-28(44)47-30(8,9)10)25(41)34-16(3)23(39)38-31(27(43)37-21)13-18(31)12-20(32)33/h15-22H,11-14H2,1-10H3,(H,34,41)(H,35,44)(H,36,40)(H,37,43)(H,38,39)/t15-,16-,17-,18+,19-,21-,22+,31+/m0/s1. The summed E-state index contributed by atoms with van der Waals surface area (Å²) in [6, 6.07) is -5.52. The van der Waals surface area contributed by atoms with Gasteiger partial charge in [0.1, 0.15) is 41.4 Å². The van der Waals surface area contributed by atoms with Crippen molar-refractivity contribution in [3.8, 4) is 0 Å². The zero-order chi connectivity index (χ0) is 36.1. The molecule has 1 aliphatic heterocycles. The molecule has 47 heavy (non-hydrogen) atoms. The number of hydrogen-bond donors (Lipinski definition) is 5. The molecule has 0 bridgehead atoms. The van der Waals surface area contributed by atoms with E-state index in [-0.39, 0.29) is 13.0 Å². The van der Waals surface area contributed by atoms with Gasteiger partial charge in [-0.15, -0.1) is 0 Å². The largest absolute Gasteiger partial charge is 0.458 e. The first-order chi connectivity index (χ1) is 21.5. The second-order valence-corrected chi connectivity index (χ2v) is 14.3. The molecule has 1 saturated carbocycles. The summed E-state index contributed by atoms with van der Waals surface area (Å²) in [5, 5.41) is 12.5. The number of alkyl carbamates (subject to hydrolysis) is 1. The average Bonchev–Trinajstić information content (AvgIpc) is 3.61. The summed E-state index contributed by atoms with van der Waals surface area (Å²) in [4.78, 5) is 79.9. The van der Waals surface area contributed by atoms with Gasteiger partial charge in [-0.3, -0.25) is 19.2 Å². The number of halogens is 2. The molecule has 268 valence electrons. The lowest BCUT2D eigenvalue weighted by molar-refractivity contribution is -0.157. The lowest BCUT2D eigenvalue weighted by Crippen LogP contribution is -2.61. The van der Waals surface area contributed by atoms with E-state index in [4.69, 9.17) is 14.2 Å². The van der Waals surface area contributed by atoms with E-state index in [1.807, 2.05) is 0 Å².